The molecule has 1 fully saturated rings. The minimum Gasteiger partial charge on any atom is -0.381 e. The summed E-state index contributed by atoms with van der Waals surface area (Å²) < 4.78 is 5.33. The van der Waals surface area contributed by atoms with Crippen molar-refractivity contribution in [2.24, 2.45) is 0 Å². The quantitative estimate of drug-likeness (QED) is 0.692. The highest BCUT2D eigenvalue weighted by molar-refractivity contribution is 5.94. The number of ketones is 1. The summed E-state index contributed by atoms with van der Waals surface area (Å²) in [6.07, 6.45) is 2.14. The van der Waals surface area contributed by atoms with E-state index in [-0.39, 0.29) is 5.78 Å². The first-order chi connectivity index (χ1) is 7.27. The van der Waals surface area contributed by atoms with Crippen LogP contribution in [0.15, 0.2) is 24.3 Å². The average molecular weight is 204 g/mol. The number of ether oxygens (including phenoxy) is 1. The minimum atomic E-state index is 0.143. The lowest BCUT2D eigenvalue weighted by atomic mass is 9.90. The first kappa shape index (κ1) is 10.4. The largest absolute Gasteiger partial charge is 0.381 e. The third-order valence-electron chi connectivity index (χ3n) is 2.99. The topological polar surface area (TPSA) is 26.3 Å². The Morgan fingerprint density at radius 3 is 2.73 bits per heavy atom. The Morgan fingerprint density at radius 2 is 2.07 bits per heavy atom. The first-order valence-corrected chi connectivity index (χ1v) is 5.46. The van der Waals surface area contributed by atoms with Crippen LogP contribution < -0.4 is 0 Å². The summed E-state index contributed by atoms with van der Waals surface area (Å²) >= 11 is 0. The van der Waals surface area contributed by atoms with E-state index in [1.807, 2.05) is 18.2 Å². The van der Waals surface area contributed by atoms with E-state index < -0.39 is 0 Å². The SMILES string of the molecule is CC(=O)c1cccc(C2CCOCC2)c1. The summed E-state index contributed by atoms with van der Waals surface area (Å²) in [6, 6.07) is 7.99. The zero-order valence-corrected chi connectivity index (χ0v) is 9.03. The third-order valence-corrected chi connectivity index (χ3v) is 2.99. The van der Waals surface area contributed by atoms with E-state index in [0.29, 0.717) is 5.92 Å². The van der Waals surface area contributed by atoms with Gasteiger partial charge in [0.15, 0.2) is 5.78 Å². The molecule has 2 nitrogen and oxygen atoms in total. The molecule has 0 saturated carbocycles. The maximum Gasteiger partial charge on any atom is 0.159 e. The second kappa shape index (κ2) is 4.58. The fraction of sp³-hybridized carbons (Fsp3) is 0.462. The van der Waals surface area contributed by atoms with Crippen LogP contribution in [0.3, 0.4) is 0 Å². The van der Waals surface area contributed by atoms with Crippen LogP contribution in [-0.2, 0) is 4.74 Å². The van der Waals surface area contributed by atoms with Gasteiger partial charge in [-0.2, -0.15) is 0 Å². The number of carbonyl (C=O) groups is 1. The molecule has 1 aliphatic heterocycles. The summed E-state index contributed by atoms with van der Waals surface area (Å²) in [5.74, 6) is 0.710. The summed E-state index contributed by atoms with van der Waals surface area (Å²) in [4.78, 5) is 11.3. The molecule has 1 saturated heterocycles. The van der Waals surface area contributed by atoms with Gasteiger partial charge in [-0.3, -0.25) is 4.79 Å². The minimum absolute atomic E-state index is 0.143. The standard InChI is InChI=1S/C13H16O2/c1-10(14)12-3-2-4-13(9-12)11-5-7-15-8-6-11/h2-4,9,11H,5-8H2,1H3. The molecule has 2 rings (SSSR count). The molecule has 0 bridgehead atoms. The molecule has 0 spiro atoms. The fourth-order valence-corrected chi connectivity index (χ4v) is 2.04. The van der Waals surface area contributed by atoms with Crippen molar-refractivity contribution in [3.8, 4) is 0 Å². The predicted molar refractivity (Wildman–Crippen MR) is 59.2 cm³/mol. The van der Waals surface area contributed by atoms with Crippen molar-refractivity contribution in [1.82, 2.24) is 0 Å². The lowest BCUT2D eigenvalue weighted by Gasteiger charge is -2.22. The first-order valence-electron chi connectivity index (χ1n) is 5.46. The van der Waals surface area contributed by atoms with Crippen molar-refractivity contribution in [1.29, 1.82) is 0 Å². The monoisotopic (exact) mass is 204 g/mol. The summed E-state index contributed by atoms with van der Waals surface area (Å²) in [6.45, 7) is 3.30. The normalized spacial score (nSPS) is 17.7. The van der Waals surface area contributed by atoms with E-state index >= 15 is 0 Å². The summed E-state index contributed by atoms with van der Waals surface area (Å²) in [5, 5.41) is 0. The molecule has 0 unspecified atom stereocenters. The van der Waals surface area contributed by atoms with Gasteiger partial charge in [-0.25, -0.2) is 0 Å². The maximum atomic E-state index is 11.3. The molecule has 0 N–H and O–H groups in total. The molecule has 1 aromatic rings. The molecule has 0 aliphatic carbocycles. The highest BCUT2D eigenvalue weighted by Gasteiger charge is 2.16. The molecule has 0 radical (unpaired) electrons. The van der Waals surface area contributed by atoms with E-state index in [1.54, 1.807) is 6.92 Å². The molecular weight excluding hydrogens is 188 g/mol. The van der Waals surface area contributed by atoms with Crippen molar-refractivity contribution in [2.75, 3.05) is 13.2 Å². The summed E-state index contributed by atoms with van der Waals surface area (Å²) in [5.41, 5.74) is 2.10. The lowest BCUT2D eigenvalue weighted by Crippen LogP contribution is -2.14. The molecule has 0 atom stereocenters. The number of carbonyl (C=O) groups excluding carboxylic acids is 1. The van der Waals surface area contributed by atoms with Crippen molar-refractivity contribution in [3.63, 3.8) is 0 Å². The Hall–Kier alpha value is -1.15. The molecule has 0 aromatic heterocycles. The van der Waals surface area contributed by atoms with Gasteiger partial charge in [0.1, 0.15) is 0 Å². The second-order valence-corrected chi connectivity index (χ2v) is 4.07. The Kier molecular flexibility index (Phi) is 3.17. The van der Waals surface area contributed by atoms with Gasteiger partial charge in [-0.1, -0.05) is 18.2 Å². The van der Waals surface area contributed by atoms with E-state index in [0.717, 1.165) is 31.6 Å². The van der Waals surface area contributed by atoms with Crippen LogP contribution in [0.5, 0.6) is 0 Å². The Morgan fingerprint density at radius 1 is 1.33 bits per heavy atom. The van der Waals surface area contributed by atoms with Crippen LogP contribution in [0.1, 0.15) is 41.6 Å². The molecular formula is C13H16O2. The van der Waals surface area contributed by atoms with Crippen molar-refractivity contribution >= 4 is 5.78 Å². The number of rotatable bonds is 2. The van der Waals surface area contributed by atoms with Crippen LogP contribution in [0.2, 0.25) is 0 Å². The number of benzene rings is 1. The zero-order chi connectivity index (χ0) is 10.7. The molecule has 80 valence electrons. The second-order valence-electron chi connectivity index (χ2n) is 4.07. The van der Waals surface area contributed by atoms with E-state index in [4.69, 9.17) is 4.74 Å². The van der Waals surface area contributed by atoms with Gasteiger partial charge in [-0.15, -0.1) is 0 Å². The molecule has 1 aliphatic rings. The van der Waals surface area contributed by atoms with Gasteiger partial charge >= 0.3 is 0 Å². The highest BCUT2D eigenvalue weighted by atomic mass is 16.5. The van der Waals surface area contributed by atoms with Gasteiger partial charge in [0.2, 0.25) is 0 Å². The van der Waals surface area contributed by atoms with E-state index in [1.165, 1.54) is 5.56 Å². The Balaban J connectivity index is 2.19. The van der Waals surface area contributed by atoms with Gasteiger partial charge in [0, 0.05) is 18.8 Å². The maximum absolute atomic E-state index is 11.3. The molecule has 15 heavy (non-hydrogen) atoms. The molecule has 1 aromatic carbocycles. The predicted octanol–water partition coefficient (Wildman–Crippen LogP) is 2.78. The van der Waals surface area contributed by atoms with Gasteiger partial charge in [-0.05, 0) is 37.3 Å². The van der Waals surface area contributed by atoms with Crippen LogP contribution in [0.4, 0.5) is 0 Å². The number of hydrogen-bond donors (Lipinski definition) is 0. The van der Waals surface area contributed by atoms with Crippen LogP contribution in [-0.4, -0.2) is 19.0 Å². The number of Topliss-reactive ketones (excluding diaryl/α,β-unsaturated/α-hetero) is 1. The number of hydrogen-bond acceptors (Lipinski definition) is 2. The van der Waals surface area contributed by atoms with Crippen molar-refractivity contribution in [2.45, 2.75) is 25.7 Å². The van der Waals surface area contributed by atoms with Gasteiger partial charge in [0.25, 0.3) is 0 Å². The lowest BCUT2D eigenvalue weighted by molar-refractivity contribution is 0.0853. The molecule has 0 amide bonds. The summed E-state index contributed by atoms with van der Waals surface area (Å²) in [7, 11) is 0. The third kappa shape index (κ3) is 2.45. The highest BCUT2D eigenvalue weighted by Crippen LogP contribution is 2.27. The van der Waals surface area contributed by atoms with Crippen LogP contribution >= 0.6 is 0 Å². The van der Waals surface area contributed by atoms with Gasteiger partial charge in [0.05, 0.1) is 0 Å². The zero-order valence-electron chi connectivity index (χ0n) is 9.03. The van der Waals surface area contributed by atoms with Gasteiger partial charge < -0.3 is 4.74 Å². The van der Waals surface area contributed by atoms with E-state index in [2.05, 4.69) is 6.07 Å². The van der Waals surface area contributed by atoms with E-state index in [9.17, 15) is 4.79 Å². The average Bonchev–Trinajstić information content (AvgIpc) is 2.30. The fourth-order valence-electron chi connectivity index (χ4n) is 2.04. The molecule has 2 heteroatoms. The van der Waals surface area contributed by atoms with Crippen molar-refractivity contribution in [3.05, 3.63) is 35.4 Å². The van der Waals surface area contributed by atoms with Crippen LogP contribution in [0.25, 0.3) is 0 Å². The van der Waals surface area contributed by atoms with Crippen molar-refractivity contribution < 1.29 is 9.53 Å². The Labute approximate surface area is 90.3 Å². The molecule has 1 heterocycles. The smallest absolute Gasteiger partial charge is 0.159 e. The van der Waals surface area contributed by atoms with Crippen LogP contribution in [0, 0.1) is 0 Å². The Bertz CT molecular complexity index is 351.